The summed E-state index contributed by atoms with van der Waals surface area (Å²) < 4.78 is 16.6. The summed E-state index contributed by atoms with van der Waals surface area (Å²) in [5.74, 6) is -1.56. The van der Waals surface area contributed by atoms with Crippen molar-refractivity contribution >= 4 is 17.9 Å². The van der Waals surface area contributed by atoms with Crippen molar-refractivity contribution in [2.75, 3.05) is 13.6 Å². The maximum Gasteiger partial charge on any atom is 0.357 e. The molecule has 1 aromatic rings. The standard InChI is InChI=1S/C20H25NO7/c1-5-9-16-18(25-13(2)22)19(26-14(3)23)17(27-16)12-21(4)28-20(24)15-10-7-6-8-11-15/h5-8,10-11,16-19H,1,9,12H2,2-4H3/t16-,17-,18?,19?/m1/s1. The Morgan fingerprint density at radius 3 is 2.18 bits per heavy atom. The van der Waals surface area contributed by atoms with E-state index >= 15 is 0 Å². The predicted octanol–water partition coefficient (Wildman–Crippen LogP) is 1.90. The maximum atomic E-state index is 12.2. The highest BCUT2D eigenvalue weighted by molar-refractivity contribution is 5.89. The molecule has 2 unspecified atom stereocenters. The van der Waals surface area contributed by atoms with Crippen LogP contribution in [0.5, 0.6) is 0 Å². The molecule has 0 amide bonds. The van der Waals surface area contributed by atoms with E-state index in [1.54, 1.807) is 43.5 Å². The van der Waals surface area contributed by atoms with Crippen LogP contribution in [-0.4, -0.2) is 61.0 Å². The average molecular weight is 391 g/mol. The molecular weight excluding hydrogens is 366 g/mol. The van der Waals surface area contributed by atoms with Crippen LogP contribution in [0.1, 0.15) is 30.6 Å². The third-order valence-corrected chi connectivity index (χ3v) is 4.09. The second-order valence-electron chi connectivity index (χ2n) is 6.44. The highest BCUT2D eigenvalue weighted by atomic mass is 16.7. The number of ether oxygens (including phenoxy) is 3. The zero-order valence-corrected chi connectivity index (χ0v) is 16.2. The van der Waals surface area contributed by atoms with Gasteiger partial charge in [0.1, 0.15) is 12.2 Å². The smallest absolute Gasteiger partial charge is 0.357 e. The van der Waals surface area contributed by atoms with Gasteiger partial charge >= 0.3 is 17.9 Å². The molecular formula is C20H25NO7. The van der Waals surface area contributed by atoms with Gasteiger partial charge in [-0.25, -0.2) is 4.79 Å². The first-order chi connectivity index (χ1) is 13.3. The lowest BCUT2D eigenvalue weighted by Gasteiger charge is -2.25. The number of hydrogen-bond acceptors (Lipinski definition) is 8. The molecule has 8 heteroatoms. The van der Waals surface area contributed by atoms with Gasteiger partial charge in [0.05, 0.1) is 12.1 Å². The molecule has 8 nitrogen and oxygen atoms in total. The van der Waals surface area contributed by atoms with Gasteiger partial charge in [-0.2, -0.15) is 0 Å². The van der Waals surface area contributed by atoms with Gasteiger partial charge in [0.2, 0.25) is 0 Å². The summed E-state index contributed by atoms with van der Waals surface area (Å²) in [5.41, 5.74) is 0.403. The number of carbonyl (C=O) groups is 3. The Hall–Kier alpha value is -2.71. The minimum atomic E-state index is -0.829. The number of nitrogens with zero attached hydrogens (tertiary/aromatic N) is 1. The van der Waals surface area contributed by atoms with Crippen molar-refractivity contribution in [2.24, 2.45) is 0 Å². The van der Waals surface area contributed by atoms with Crippen molar-refractivity contribution in [3.8, 4) is 0 Å². The highest BCUT2D eigenvalue weighted by Crippen LogP contribution is 2.30. The van der Waals surface area contributed by atoms with Crippen molar-refractivity contribution in [1.29, 1.82) is 0 Å². The fourth-order valence-electron chi connectivity index (χ4n) is 3.03. The quantitative estimate of drug-likeness (QED) is 0.377. The zero-order valence-electron chi connectivity index (χ0n) is 16.2. The first-order valence-corrected chi connectivity index (χ1v) is 8.91. The van der Waals surface area contributed by atoms with E-state index in [2.05, 4.69) is 6.58 Å². The van der Waals surface area contributed by atoms with Gasteiger partial charge < -0.3 is 19.0 Å². The Kier molecular flexibility index (Phi) is 7.71. The normalized spacial score (nSPS) is 23.9. The van der Waals surface area contributed by atoms with Crippen LogP contribution in [0.3, 0.4) is 0 Å². The van der Waals surface area contributed by atoms with Crippen LogP contribution in [-0.2, 0) is 28.6 Å². The number of benzene rings is 1. The second-order valence-corrected chi connectivity index (χ2v) is 6.44. The molecule has 28 heavy (non-hydrogen) atoms. The van der Waals surface area contributed by atoms with E-state index in [1.165, 1.54) is 18.9 Å². The van der Waals surface area contributed by atoms with Crippen molar-refractivity contribution in [1.82, 2.24) is 5.06 Å². The SMILES string of the molecule is C=CC[C@H]1O[C@H](CN(C)OC(=O)c2ccccc2)C(OC(C)=O)C1OC(C)=O. The van der Waals surface area contributed by atoms with E-state index in [-0.39, 0.29) is 6.54 Å². The van der Waals surface area contributed by atoms with E-state index in [0.717, 1.165) is 0 Å². The fourth-order valence-corrected chi connectivity index (χ4v) is 3.03. The van der Waals surface area contributed by atoms with Crippen LogP contribution in [0.25, 0.3) is 0 Å². The molecule has 0 aromatic heterocycles. The van der Waals surface area contributed by atoms with Crippen LogP contribution in [0.15, 0.2) is 43.0 Å². The van der Waals surface area contributed by atoms with Crippen LogP contribution in [0.2, 0.25) is 0 Å². The molecule has 1 saturated heterocycles. The van der Waals surface area contributed by atoms with Gasteiger partial charge in [-0.3, -0.25) is 9.59 Å². The van der Waals surface area contributed by atoms with Crippen LogP contribution in [0, 0.1) is 0 Å². The molecule has 152 valence electrons. The van der Waals surface area contributed by atoms with Gasteiger partial charge in [-0.1, -0.05) is 24.3 Å². The second kappa shape index (κ2) is 10.0. The summed E-state index contributed by atoms with van der Waals surface area (Å²) >= 11 is 0. The molecule has 1 heterocycles. The summed E-state index contributed by atoms with van der Waals surface area (Å²) in [5, 5.41) is 1.30. The monoisotopic (exact) mass is 391 g/mol. The molecule has 1 aliphatic rings. The lowest BCUT2D eigenvalue weighted by Crippen LogP contribution is -2.43. The molecule has 1 aromatic carbocycles. The Balaban J connectivity index is 2.09. The minimum Gasteiger partial charge on any atom is -0.456 e. The molecule has 0 radical (unpaired) electrons. The Morgan fingerprint density at radius 2 is 1.64 bits per heavy atom. The summed E-state index contributed by atoms with van der Waals surface area (Å²) in [4.78, 5) is 40.5. The van der Waals surface area contributed by atoms with Gasteiger partial charge in [0.25, 0.3) is 0 Å². The van der Waals surface area contributed by atoms with Gasteiger partial charge in [-0.05, 0) is 18.6 Å². The number of likely N-dealkylation sites (N-methyl/N-ethyl adjacent to an activating group) is 1. The maximum absolute atomic E-state index is 12.2. The number of esters is 2. The molecule has 0 spiro atoms. The van der Waals surface area contributed by atoms with Crippen molar-refractivity contribution in [3.63, 3.8) is 0 Å². The van der Waals surface area contributed by atoms with Crippen molar-refractivity contribution in [3.05, 3.63) is 48.6 Å². The first-order valence-electron chi connectivity index (χ1n) is 8.91. The van der Waals surface area contributed by atoms with E-state index in [1.807, 2.05) is 0 Å². The molecule has 0 aliphatic carbocycles. The molecule has 4 atom stereocenters. The average Bonchev–Trinajstić information content (AvgIpc) is 2.91. The fraction of sp³-hybridized carbons (Fsp3) is 0.450. The molecule has 0 bridgehead atoms. The minimum absolute atomic E-state index is 0.113. The lowest BCUT2D eigenvalue weighted by atomic mass is 10.0. The summed E-state index contributed by atoms with van der Waals surface area (Å²) in [6.45, 7) is 6.33. The van der Waals surface area contributed by atoms with Crippen LogP contribution < -0.4 is 0 Å². The van der Waals surface area contributed by atoms with Crippen LogP contribution in [0.4, 0.5) is 0 Å². The van der Waals surface area contributed by atoms with E-state index in [0.29, 0.717) is 12.0 Å². The van der Waals surface area contributed by atoms with Crippen molar-refractivity contribution < 1.29 is 33.4 Å². The molecule has 2 rings (SSSR count). The van der Waals surface area contributed by atoms with E-state index < -0.39 is 42.3 Å². The topological polar surface area (TPSA) is 91.4 Å². The summed E-state index contributed by atoms with van der Waals surface area (Å²) in [6.07, 6.45) is -0.750. The molecule has 0 saturated carbocycles. The van der Waals surface area contributed by atoms with Gasteiger partial charge in [0, 0.05) is 20.9 Å². The Bertz CT molecular complexity index is 706. The van der Waals surface area contributed by atoms with E-state index in [4.69, 9.17) is 19.0 Å². The zero-order chi connectivity index (χ0) is 20.7. The third kappa shape index (κ3) is 5.90. The summed E-state index contributed by atoms with van der Waals surface area (Å²) in [7, 11) is 1.57. The Labute approximate surface area is 163 Å². The number of hydrogen-bond donors (Lipinski definition) is 0. The number of rotatable bonds is 8. The largest absolute Gasteiger partial charge is 0.456 e. The lowest BCUT2D eigenvalue weighted by molar-refractivity contribution is -0.166. The molecule has 1 fully saturated rings. The number of carbonyl (C=O) groups excluding carboxylic acids is 3. The van der Waals surface area contributed by atoms with Crippen molar-refractivity contribution in [2.45, 2.75) is 44.7 Å². The summed E-state index contributed by atoms with van der Waals surface area (Å²) in [6, 6.07) is 8.54. The first kappa shape index (κ1) is 21.6. The van der Waals surface area contributed by atoms with Crippen LogP contribution >= 0.6 is 0 Å². The Morgan fingerprint density at radius 1 is 1.07 bits per heavy atom. The molecule has 1 aliphatic heterocycles. The highest BCUT2D eigenvalue weighted by Gasteiger charge is 2.49. The van der Waals surface area contributed by atoms with Gasteiger partial charge in [0.15, 0.2) is 12.2 Å². The third-order valence-electron chi connectivity index (χ3n) is 4.09. The number of hydroxylamine groups is 2. The van der Waals surface area contributed by atoms with E-state index in [9.17, 15) is 14.4 Å². The predicted molar refractivity (Wildman–Crippen MR) is 99.1 cm³/mol. The van der Waals surface area contributed by atoms with Gasteiger partial charge in [-0.15, -0.1) is 11.6 Å². The molecule has 0 N–H and O–H groups in total.